The van der Waals surface area contributed by atoms with E-state index in [1.807, 2.05) is 0 Å². The normalized spacial score (nSPS) is 25.2. The summed E-state index contributed by atoms with van der Waals surface area (Å²) in [6.45, 7) is 7.03. The van der Waals surface area contributed by atoms with Crippen molar-refractivity contribution in [1.82, 2.24) is 10.2 Å². The number of carbonyl (C=O) groups excluding carboxylic acids is 1. The van der Waals surface area contributed by atoms with Crippen LogP contribution >= 0.6 is 0 Å². The zero-order valence-electron chi connectivity index (χ0n) is 7.46. The fraction of sp³-hybridized carbons (Fsp3) is 0.778. The lowest BCUT2D eigenvalue weighted by Gasteiger charge is -2.31. The quantitative estimate of drug-likeness (QED) is 0.619. The molecule has 0 aromatic carbocycles. The third kappa shape index (κ3) is 2.81. The maximum atomic E-state index is 10.2. The molecule has 0 bridgehead atoms. The van der Waals surface area contributed by atoms with Gasteiger partial charge in [0.25, 0.3) is 0 Å². The van der Waals surface area contributed by atoms with Crippen LogP contribution in [-0.2, 0) is 4.79 Å². The number of amides is 1. The first-order valence-corrected chi connectivity index (χ1v) is 4.58. The molecule has 0 aliphatic carbocycles. The first-order chi connectivity index (χ1) is 5.86. The number of piperidine rings is 1. The summed E-state index contributed by atoms with van der Waals surface area (Å²) in [7, 11) is 0. The van der Waals surface area contributed by atoms with E-state index in [-0.39, 0.29) is 0 Å². The monoisotopic (exact) mass is 169 g/mol. The fourth-order valence-electron chi connectivity index (χ4n) is 1.71. The summed E-state index contributed by atoms with van der Waals surface area (Å²) < 4.78 is 0. The topological polar surface area (TPSA) is 32.3 Å². The highest BCUT2D eigenvalue weighted by molar-refractivity contribution is 5.46. The minimum absolute atomic E-state index is 0.364. The molecule has 1 atom stereocenters. The van der Waals surface area contributed by atoms with Crippen molar-refractivity contribution in [2.45, 2.75) is 25.3 Å². The Bertz CT molecular complexity index is 136. The molecule has 1 rings (SSSR count). The molecular weight excluding hydrogens is 152 g/mol. The van der Waals surface area contributed by atoms with E-state index in [9.17, 15) is 4.79 Å². The van der Waals surface area contributed by atoms with Gasteiger partial charge in [0, 0.05) is 12.6 Å². The average molecular weight is 169 g/mol. The highest BCUT2D eigenvalue weighted by Gasteiger charge is 2.17. The first kappa shape index (κ1) is 9.52. The summed E-state index contributed by atoms with van der Waals surface area (Å²) in [6, 6.07) is 0.364. The number of hydrogen-bond donors (Lipinski definition) is 1. The van der Waals surface area contributed by atoms with Gasteiger partial charge in [-0.25, -0.2) is 0 Å². The minimum atomic E-state index is 0.364. The van der Waals surface area contributed by atoms with Crippen molar-refractivity contribution in [2.24, 2.45) is 0 Å². The van der Waals surface area contributed by atoms with Gasteiger partial charge in [-0.15, -0.1) is 0 Å². The standard InChI is InChI=1S/C9H17N2O/c1-2-5-11-6-3-4-9(7-11)10-8-12/h8-9H,1-7H2,(H,10,12). The summed E-state index contributed by atoms with van der Waals surface area (Å²) in [5, 5.41) is 2.83. The van der Waals surface area contributed by atoms with Crippen LogP contribution in [0.4, 0.5) is 0 Å². The predicted octanol–water partition coefficient (Wildman–Crippen LogP) is 0.421. The molecule has 0 saturated carbocycles. The van der Waals surface area contributed by atoms with Crippen LogP contribution in [0, 0.1) is 6.92 Å². The molecule has 1 amide bonds. The van der Waals surface area contributed by atoms with Gasteiger partial charge in [0.15, 0.2) is 0 Å². The third-order valence-corrected chi connectivity index (χ3v) is 2.28. The number of carbonyl (C=O) groups is 1. The molecule has 0 aromatic heterocycles. The van der Waals surface area contributed by atoms with E-state index in [0.717, 1.165) is 38.9 Å². The Morgan fingerprint density at radius 2 is 2.50 bits per heavy atom. The van der Waals surface area contributed by atoms with E-state index in [0.29, 0.717) is 6.04 Å². The van der Waals surface area contributed by atoms with Gasteiger partial charge >= 0.3 is 0 Å². The molecule has 1 radical (unpaired) electrons. The van der Waals surface area contributed by atoms with Crippen LogP contribution in [0.15, 0.2) is 0 Å². The molecule has 3 heteroatoms. The largest absolute Gasteiger partial charge is 0.355 e. The zero-order valence-corrected chi connectivity index (χ0v) is 7.46. The van der Waals surface area contributed by atoms with Crippen LogP contribution in [0.5, 0.6) is 0 Å². The Kier molecular flexibility index (Phi) is 4.08. The van der Waals surface area contributed by atoms with Crippen molar-refractivity contribution in [3.8, 4) is 0 Å². The van der Waals surface area contributed by atoms with Crippen molar-refractivity contribution >= 4 is 6.41 Å². The lowest BCUT2D eigenvalue weighted by atomic mass is 10.1. The van der Waals surface area contributed by atoms with Crippen molar-refractivity contribution in [3.63, 3.8) is 0 Å². The predicted molar refractivity (Wildman–Crippen MR) is 48.6 cm³/mol. The lowest BCUT2D eigenvalue weighted by Crippen LogP contribution is -2.45. The zero-order chi connectivity index (χ0) is 8.81. The van der Waals surface area contributed by atoms with E-state index in [4.69, 9.17) is 0 Å². The van der Waals surface area contributed by atoms with Crippen LogP contribution in [0.25, 0.3) is 0 Å². The maximum Gasteiger partial charge on any atom is 0.207 e. The van der Waals surface area contributed by atoms with Crippen LogP contribution in [0.1, 0.15) is 19.3 Å². The lowest BCUT2D eigenvalue weighted by molar-refractivity contribution is -0.110. The molecular formula is C9H17N2O. The highest BCUT2D eigenvalue weighted by atomic mass is 16.1. The number of hydrogen-bond acceptors (Lipinski definition) is 2. The second-order valence-electron chi connectivity index (χ2n) is 3.28. The van der Waals surface area contributed by atoms with Gasteiger partial charge in [-0.1, -0.05) is 6.92 Å². The molecule has 1 N–H and O–H groups in total. The Morgan fingerprint density at radius 1 is 1.67 bits per heavy atom. The SMILES string of the molecule is [CH2]CCN1CCCC(NC=O)C1. The summed E-state index contributed by atoms with van der Waals surface area (Å²) in [4.78, 5) is 12.6. The molecule has 1 aliphatic heterocycles. The molecule has 0 spiro atoms. The molecule has 1 saturated heterocycles. The van der Waals surface area contributed by atoms with E-state index in [2.05, 4.69) is 17.1 Å². The molecule has 1 heterocycles. The van der Waals surface area contributed by atoms with Gasteiger partial charge in [-0.2, -0.15) is 0 Å². The molecule has 0 aromatic rings. The van der Waals surface area contributed by atoms with Gasteiger partial charge < -0.3 is 10.2 Å². The Hall–Kier alpha value is -0.570. The van der Waals surface area contributed by atoms with Gasteiger partial charge in [0.05, 0.1) is 0 Å². The Morgan fingerprint density at radius 3 is 3.17 bits per heavy atom. The van der Waals surface area contributed by atoms with Gasteiger partial charge in [-0.05, 0) is 32.4 Å². The van der Waals surface area contributed by atoms with Crippen LogP contribution in [0.3, 0.4) is 0 Å². The van der Waals surface area contributed by atoms with Crippen LogP contribution in [-0.4, -0.2) is 37.0 Å². The fourth-order valence-corrected chi connectivity index (χ4v) is 1.71. The Labute approximate surface area is 74.1 Å². The molecule has 12 heavy (non-hydrogen) atoms. The van der Waals surface area contributed by atoms with Crippen molar-refractivity contribution in [3.05, 3.63) is 6.92 Å². The summed E-state index contributed by atoms with van der Waals surface area (Å²) in [5.74, 6) is 0. The smallest absolute Gasteiger partial charge is 0.207 e. The third-order valence-electron chi connectivity index (χ3n) is 2.28. The maximum absolute atomic E-state index is 10.2. The second-order valence-corrected chi connectivity index (χ2v) is 3.28. The molecule has 3 nitrogen and oxygen atoms in total. The number of nitrogens with zero attached hydrogens (tertiary/aromatic N) is 1. The van der Waals surface area contributed by atoms with Gasteiger partial charge in [-0.3, -0.25) is 4.79 Å². The van der Waals surface area contributed by atoms with Crippen molar-refractivity contribution < 1.29 is 4.79 Å². The minimum Gasteiger partial charge on any atom is -0.355 e. The molecule has 1 fully saturated rings. The second kappa shape index (κ2) is 5.14. The molecule has 1 unspecified atom stereocenters. The molecule has 1 aliphatic rings. The van der Waals surface area contributed by atoms with Crippen LogP contribution in [0.2, 0.25) is 0 Å². The summed E-state index contributed by atoms with van der Waals surface area (Å²) in [5.41, 5.74) is 0. The number of rotatable bonds is 4. The van der Waals surface area contributed by atoms with Crippen molar-refractivity contribution in [2.75, 3.05) is 19.6 Å². The van der Waals surface area contributed by atoms with Gasteiger partial charge in [0.2, 0.25) is 6.41 Å². The average Bonchev–Trinajstić information content (AvgIpc) is 2.06. The number of likely N-dealkylation sites (tertiary alicyclic amines) is 1. The number of nitrogens with one attached hydrogen (secondary N) is 1. The van der Waals surface area contributed by atoms with E-state index in [1.165, 1.54) is 6.42 Å². The van der Waals surface area contributed by atoms with E-state index < -0.39 is 0 Å². The van der Waals surface area contributed by atoms with Crippen molar-refractivity contribution in [1.29, 1.82) is 0 Å². The summed E-state index contributed by atoms with van der Waals surface area (Å²) >= 11 is 0. The molecule has 69 valence electrons. The Balaban J connectivity index is 2.24. The van der Waals surface area contributed by atoms with E-state index in [1.54, 1.807) is 0 Å². The first-order valence-electron chi connectivity index (χ1n) is 4.58. The van der Waals surface area contributed by atoms with Crippen LogP contribution < -0.4 is 5.32 Å². The summed E-state index contributed by atoms with van der Waals surface area (Å²) in [6.07, 6.45) is 4.06. The highest BCUT2D eigenvalue weighted by Crippen LogP contribution is 2.09. The van der Waals surface area contributed by atoms with Gasteiger partial charge in [0.1, 0.15) is 0 Å². The van der Waals surface area contributed by atoms with E-state index >= 15 is 0 Å².